The quantitative estimate of drug-likeness (QED) is 0.840. The van der Waals surface area contributed by atoms with Gasteiger partial charge in [0.1, 0.15) is 0 Å². The Bertz CT molecular complexity index is 697. The maximum Gasteiger partial charge on any atom is 0.225 e. The van der Waals surface area contributed by atoms with Gasteiger partial charge in [0.2, 0.25) is 5.91 Å². The van der Waals surface area contributed by atoms with Gasteiger partial charge in [0.25, 0.3) is 0 Å². The van der Waals surface area contributed by atoms with E-state index in [4.69, 9.17) is 4.74 Å². The first kappa shape index (κ1) is 17.3. The normalized spacial score (nSPS) is 15.8. The molecule has 5 nitrogen and oxygen atoms in total. The van der Waals surface area contributed by atoms with Crippen LogP contribution in [-0.2, 0) is 11.2 Å². The molecule has 0 saturated carbocycles. The van der Waals surface area contributed by atoms with Crippen LogP contribution in [0.3, 0.4) is 0 Å². The molecule has 5 heteroatoms. The summed E-state index contributed by atoms with van der Waals surface area (Å²) in [4.78, 5) is 21.1. The number of nitrogens with zero attached hydrogens (tertiary/aromatic N) is 3. The molecule has 1 aliphatic rings. The zero-order chi connectivity index (χ0) is 17.6. The van der Waals surface area contributed by atoms with Crippen molar-refractivity contribution in [3.8, 4) is 5.75 Å². The Morgan fingerprint density at radius 3 is 2.56 bits per heavy atom. The fourth-order valence-electron chi connectivity index (χ4n) is 3.33. The molecule has 0 radical (unpaired) electrons. The van der Waals surface area contributed by atoms with Crippen LogP contribution in [0.25, 0.3) is 0 Å². The number of anilines is 1. The van der Waals surface area contributed by atoms with E-state index in [1.807, 2.05) is 36.1 Å². The molecular formula is C20H25N3O2. The summed E-state index contributed by atoms with van der Waals surface area (Å²) in [5, 5.41) is 0. The van der Waals surface area contributed by atoms with Gasteiger partial charge in [0, 0.05) is 38.3 Å². The Labute approximate surface area is 149 Å². The molecule has 3 rings (SSSR count). The first-order chi connectivity index (χ1) is 12.2. The molecule has 132 valence electrons. The number of ether oxygens (including phenoxy) is 1. The number of aromatic nitrogens is 1. The standard InChI is InChI=1S/C20H25N3O2/c1-16(14-17-6-4-3-5-7-17)20(24)23-12-10-22(11-13-23)18-8-9-21-15-19(18)25-2/h3-9,15-16H,10-14H2,1-2H3/t16-/m0/s1. The molecule has 1 aliphatic heterocycles. The number of pyridine rings is 1. The Hall–Kier alpha value is -2.56. The van der Waals surface area contributed by atoms with Crippen molar-refractivity contribution in [3.05, 3.63) is 54.4 Å². The summed E-state index contributed by atoms with van der Waals surface area (Å²) in [6.45, 7) is 5.12. The zero-order valence-corrected chi connectivity index (χ0v) is 14.9. The molecule has 2 aromatic rings. The number of hydrogen-bond donors (Lipinski definition) is 0. The molecule has 1 atom stereocenters. The van der Waals surface area contributed by atoms with Gasteiger partial charge in [-0.15, -0.1) is 0 Å². The lowest BCUT2D eigenvalue weighted by Gasteiger charge is -2.37. The summed E-state index contributed by atoms with van der Waals surface area (Å²) in [6.07, 6.45) is 4.30. The van der Waals surface area contributed by atoms with E-state index in [1.54, 1.807) is 19.5 Å². The van der Waals surface area contributed by atoms with Crippen LogP contribution in [0.4, 0.5) is 5.69 Å². The molecule has 0 aliphatic carbocycles. The van der Waals surface area contributed by atoms with Crippen LogP contribution in [0.15, 0.2) is 48.8 Å². The van der Waals surface area contributed by atoms with E-state index in [0.717, 1.165) is 44.0 Å². The van der Waals surface area contributed by atoms with E-state index >= 15 is 0 Å². The van der Waals surface area contributed by atoms with Crippen molar-refractivity contribution >= 4 is 11.6 Å². The summed E-state index contributed by atoms with van der Waals surface area (Å²) in [5.74, 6) is 1.02. The van der Waals surface area contributed by atoms with Crippen molar-refractivity contribution in [2.75, 3.05) is 38.2 Å². The molecule has 1 aromatic carbocycles. The predicted molar refractivity (Wildman–Crippen MR) is 98.9 cm³/mol. The van der Waals surface area contributed by atoms with E-state index in [-0.39, 0.29) is 11.8 Å². The van der Waals surface area contributed by atoms with Gasteiger partial charge in [-0.2, -0.15) is 0 Å². The van der Waals surface area contributed by atoms with Gasteiger partial charge in [-0.25, -0.2) is 0 Å². The lowest BCUT2D eigenvalue weighted by Crippen LogP contribution is -2.50. The maximum absolute atomic E-state index is 12.7. The van der Waals surface area contributed by atoms with Crippen LogP contribution in [0.1, 0.15) is 12.5 Å². The maximum atomic E-state index is 12.7. The molecule has 0 unspecified atom stereocenters. The number of carbonyl (C=O) groups is 1. The summed E-state index contributed by atoms with van der Waals surface area (Å²) in [6, 6.07) is 12.2. The Morgan fingerprint density at radius 1 is 1.16 bits per heavy atom. The van der Waals surface area contributed by atoms with E-state index in [1.165, 1.54) is 5.56 Å². The second kappa shape index (κ2) is 8.01. The number of piperazine rings is 1. The number of benzene rings is 1. The van der Waals surface area contributed by atoms with Crippen molar-refractivity contribution < 1.29 is 9.53 Å². The molecule has 0 N–H and O–H groups in total. The van der Waals surface area contributed by atoms with Gasteiger partial charge in [-0.05, 0) is 18.1 Å². The van der Waals surface area contributed by atoms with Gasteiger partial charge in [0.15, 0.2) is 5.75 Å². The second-order valence-electron chi connectivity index (χ2n) is 6.45. The minimum atomic E-state index is 0.00408. The zero-order valence-electron chi connectivity index (χ0n) is 14.9. The summed E-state index contributed by atoms with van der Waals surface area (Å²) in [7, 11) is 1.66. The molecule has 1 aromatic heterocycles. The number of methoxy groups -OCH3 is 1. The highest BCUT2D eigenvalue weighted by Crippen LogP contribution is 2.27. The fourth-order valence-corrected chi connectivity index (χ4v) is 3.33. The monoisotopic (exact) mass is 339 g/mol. The van der Waals surface area contributed by atoms with Crippen LogP contribution >= 0.6 is 0 Å². The summed E-state index contributed by atoms with van der Waals surface area (Å²) < 4.78 is 5.39. The first-order valence-electron chi connectivity index (χ1n) is 8.74. The predicted octanol–water partition coefficient (Wildman–Crippen LogP) is 2.62. The number of rotatable bonds is 5. The Morgan fingerprint density at radius 2 is 1.88 bits per heavy atom. The number of carbonyl (C=O) groups excluding carboxylic acids is 1. The smallest absolute Gasteiger partial charge is 0.225 e. The van der Waals surface area contributed by atoms with Crippen LogP contribution in [0.5, 0.6) is 5.75 Å². The van der Waals surface area contributed by atoms with Crippen molar-refractivity contribution in [1.82, 2.24) is 9.88 Å². The molecule has 1 saturated heterocycles. The fraction of sp³-hybridized carbons (Fsp3) is 0.400. The van der Waals surface area contributed by atoms with Crippen LogP contribution in [-0.4, -0.2) is 49.1 Å². The average molecular weight is 339 g/mol. The third kappa shape index (κ3) is 4.10. The summed E-state index contributed by atoms with van der Waals surface area (Å²) >= 11 is 0. The SMILES string of the molecule is COc1cnccc1N1CCN(C(=O)[C@@H](C)Cc2ccccc2)CC1. The van der Waals surface area contributed by atoms with E-state index in [9.17, 15) is 4.79 Å². The third-order valence-electron chi connectivity index (χ3n) is 4.72. The number of hydrogen-bond acceptors (Lipinski definition) is 4. The highest BCUT2D eigenvalue weighted by Gasteiger charge is 2.26. The highest BCUT2D eigenvalue weighted by atomic mass is 16.5. The van der Waals surface area contributed by atoms with Crippen molar-refractivity contribution in [2.45, 2.75) is 13.3 Å². The lowest BCUT2D eigenvalue weighted by atomic mass is 9.99. The Kier molecular flexibility index (Phi) is 5.53. The molecule has 0 spiro atoms. The molecule has 2 heterocycles. The minimum absolute atomic E-state index is 0.00408. The summed E-state index contributed by atoms with van der Waals surface area (Å²) in [5.41, 5.74) is 2.26. The first-order valence-corrected chi connectivity index (χ1v) is 8.74. The topological polar surface area (TPSA) is 45.7 Å². The van der Waals surface area contributed by atoms with Crippen LogP contribution < -0.4 is 9.64 Å². The third-order valence-corrected chi connectivity index (χ3v) is 4.72. The van der Waals surface area contributed by atoms with Crippen LogP contribution in [0.2, 0.25) is 0 Å². The van der Waals surface area contributed by atoms with E-state index < -0.39 is 0 Å². The van der Waals surface area contributed by atoms with E-state index in [0.29, 0.717) is 0 Å². The number of amides is 1. The van der Waals surface area contributed by atoms with Crippen molar-refractivity contribution in [2.24, 2.45) is 5.92 Å². The van der Waals surface area contributed by atoms with Gasteiger partial charge in [-0.3, -0.25) is 9.78 Å². The largest absolute Gasteiger partial charge is 0.493 e. The van der Waals surface area contributed by atoms with E-state index in [2.05, 4.69) is 22.0 Å². The molecule has 0 bridgehead atoms. The van der Waals surface area contributed by atoms with Crippen LogP contribution in [0, 0.1) is 5.92 Å². The lowest BCUT2D eigenvalue weighted by molar-refractivity contribution is -0.135. The van der Waals surface area contributed by atoms with Crippen molar-refractivity contribution in [3.63, 3.8) is 0 Å². The Balaban J connectivity index is 1.57. The molecule has 25 heavy (non-hydrogen) atoms. The molecular weight excluding hydrogens is 314 g/mol. The minimum Gasteiger partial charge on any atom is -0.493 e. The van der Waals surface area contributed by atoms with Gasteiger partial charge in [-0.1, -0.05) is 37.3 Å². The molecule has 1 fully saturated rings. The van der Waals surface area contributed by atoms with Gasteiger partial charge < -0.3 is 14.5 Å². The second-order valence-corrected chi connectivity index (χ2v) is 6.45. The van der Waals surface area contributed by atoms with Crippen molar-refractivity contribution in [1.29, 1.82) is 0 Å². The van der Waals surface area contributed by atoms with Gasteiger partial charge in [0.05, 0.1) is 19.0 Å². The molecule has 1 amide bonds. The highest BCUT2D eigenvalue weighted by molar-refractivity contribution is 5.79. The average Bonchev–Trinajstić information content (AvgIpc) is 2.68. The van der Waals surface area contributed by atoms with Gasteiger partial charge >= 0.3 is 0 Å².